The molecule has 0 atom stereocenters. The second kappa shape index (κ2) is 4.89. The van der Waals surface area contributed by atoms with E-state index in [1.165, 1.54) is 0 Å². The summed E-state index contributed by atoms with van der Waals surface area (Å²) in [5.74, 6) is 0.448. The van der Waals surface area contributed by atoms with E-state index >= 15 is 0 Å². The number of oxime groups is 1. The van der Waals surface area contributed by atoms with Crippen molar-refractivity contribution in [2.75, 3.05) is 0 Å². The highest BCUT2D eigenvalue weighted by Crippen LogP contribution is 2.26. The molecule has 0 saturated heterocycles. The van der Waals surface area contributed by atoms with Gasteiger partial charge in [0.2, 0.25) is 0 Å². The summed E-state index contributed by atoms with van der Waals surface area (Å²) in [6.45, 7) is 3.77. The fraction of sp³-hybridized carbons (Fsp3) is 0.300. The maximum Gasteiger partial charge on any atom is 0.175 e. The summed E-state index contributed by atoms with van der Waals surface area (Å²) < 4.78 is 5.49. The number of rotatable bonds is 3. The number of amidine groups is 1. The molecule has 4 nitrogen and oxygen atoms in total. The zero-order valence-electron chi connectivity index (χ0n) is 8.57. The van der Waals surface area contributed by atoms with E-state index in [-0.39, 0.29) is 11.9 Å². The Bertz CT molecular complexity index is 378. The van der Waals surface area contributed by atoms with Gasteiger partial charge >= 0.3 is 0 Å². The van der Waals surface area contributed by atoms with E-state index in [9.17, 15) is 0 Å². The lowest BCUT2D eigenvalue weighted by Crippen LogP contribution is -2.17. The Morgan fingerprint density at radius 3 is 2.73 bits per heavy atom. The minimum atomic E-state index is -0.0590. The van der Waals surface area contributed by atoms with Crippen molar-refractivity contribution in [1.82, 2.24) is 0 Å². The van der Waals surface area contributed by atoms with Gasteiger partial charge < -0.3 is 15.7 Å². The molecule has 1 rings (SSSR count). The number of hydrogen-bond acceptors (Lipinski definition) is 3. The molecule has 0 aliphatic heterocycles. The second-order valence-electron chi connectivity index (χ2n) is 3.26. The molecule has 0 unspecified atom stereocenters. The van der Waals surface area contributed by atoms with E-state index in [1.54, 1.807) is 18.2 Å². The standard InChI is InChI=1S/C10H13ClN2O2/c1-6(2)15-8-5-3-4-7(11)9(8)10(12)13-14/h3-6,14H,1-2H3,(H2,12,13). The second-order valence-corrected chi connectivity index (χ2v) is 3.67. The maximum atomic E-state index is 8.62. The van der Waals surface area contributed by atoms with Crippen LogP contribution < -0.4 is 10.5 Å². The van der Waals surface area contributed by atoms with Crippen molar-refractivity contribution in [2.45, 2.75) is 20.0 Å². The first-order valence-corrected chi connectivity index (χ1v) is 4.87. The topological polar surface area (TPSA) is 67.8 Å². The Kier molecular flexibility index (Phi) is 3.80. The van der Waals surface area contributed by atoms with Crippen LogP contribution in [-0.2, 0) is 0 Å². The highest BCUT2D eigenvalue weighted by atomic mass is 35.5. The van der Waals surface area contributed by atoms with Crippen molar-refractivity contribution in [3.05, 3.63) is 28.8 Å². The van der Waals surface area contributed by atoms with Gasteiger partial charge in [-0.3, -0.25) is 0 Å². The Labute approximate surface area is 93.3 Å². The lowest BCUT2D eigenvalue weighted by Gasteiger charge is -2.14. The Morgan fingerprint density at radius 1 is 1.53 bits per heavy atom. The lowest BCUT2D eigenvalue weighted by molar-refractivity contribution is 0.241. The summed E-state index contributed by atoms with van der Waals surface area (Å²) in [6, 6.07) is 5.12. The molecule has 1 aromatic carbocycles. The van der Waals surface area contributed by atoms with Crippen molar-refractivity contribution in [3.8, 4) is 5.75 Å². The van der Waals surface area contributed by atoms with Crippen LogP contribution in [0.5, 0.6) is 5.75 Å². The molecule has 0 saturated carbocycles. The predicted octanol–water partition coefficient (Wildman–Crippen LogP) is 2.22. The summed E-state index contributed by atoms with van der Waals surface area (Å²) in [7, 11) is 0. The van der Waals surface area contributed by atoms with Crippen molar-refractivity contribution in [2.24, 2.45) is 10.9 Å². The Balaban J connectivity index is 3.20. The summed E-state index contributed by atoms with van der Waals surface area (Å²) in [4.78, 5) is 0. The first kappa shape index (κ1) is 11.7. The van der Waals surface area contributed by atoms with Gasteiger partial charge in [0.05, 0.1) is 16.7 Å². The molecule has 3 N–H and O–H groups in total. The summed E-state index contributed by atoms with van der Waals surface area (Å²) in [5.41, 5.74) is 5.92. The molecular weight excluding hydrogens is 216 g/mol. The van der Waals surface area contributed by atoms with Crippen molar-refractivity contribution >= 4 is 17.4 Å². The number of benzene rings is 1. The first-order chi connectivity index (χ1) is 7.06. The number of nitrogens with zero attached hydrogens (tertiary/aromatic N) is 1. The third kappa shape index (κ3) is 2.76. The highest BCUT2D eigenvalue weighted by molar-refractivity contribution is 6.34. The third-order valence-corrected chi connectivity index (χ3v) is 2.02. The van der Waals surface area contributed by atoms with Gasteiger partial charge in [0.15, 0.2) is 5.84 Å². The molecule has 82 valence electrons. The van der Waals surface area contributed by atoms with Crippen LogP contribution in [0, 0.1) is 0 Å². The largest absolute Gasteiger partial charge is 0.490 e. The van der Waals surface area contributed by atoms with Gasteiger partial charge in [0.1, 0.15) is 5.75 Å². The normalized spacial score (nSPS) is 11.9. The van der Waals surface area contributed by atoms with Gasteiger partial charge in [-0.25, -0.2) is 0 Å². The van der Waals surface area contributed by atoms with E-state index in [0.29, 0.717) is 16.3 Å². The van der Waals surface area contributed by atoms with E-state index in [0.717, 1.165) is 0 Å². The molecule has 0 fully saturated rings. The smallest absolute Gasteiger partial charge is 0.175 e. The minimum Gasteiger partial charge on any atom is -0.490 e. The first-order valence-electron chi connectivity index (χ1n) is 4.49. The van der Waals surface area contributed by atoms with Crippen LogP contribution in [0.4, 0.5) is 0 Å². The monoisotopic (exact) mass is 228 g/mol. The Morgan fingerprint density at radius 2 is 2.20 bits per heavy atom. The number of ether oxygens (including phenoxy) is 1. The van der Waals surface area contributed by atoms with Gasteiger partial charge in [-0.2, -0.15) is 0 Å². The minimum absolute atomic E-state index is 0.00582. The quantitative estimate of drug-likeness (QED) is 0.361. The van der Waals surface area contributed by atoms with E-state index < -0.39 is 0 Å². The molecule has 0 aliphatic carbocycles. The summed E-state index contributed by atoms with van der Waals surface area (Å²) >= 11 is 5.93. The van der Waals surface area contributed by atoms with Gasteiger partial charge in [0.25, 0.3) is 0 Å². The number of hydrogen-bond donors (Lipinski definition) is 2. The van der Waals surface area contributed by atoms with Crippen molar-refractivity contribution in [1.29, 1.82) is 0 Å². The van der Waals surface area contributed by atoms with Crippen LogP contribution >= 0.6 is 11.6 Å². The Hall–Kier alpha value is -1.42. The van der Waals surface area contributed by atoms with Gasteiger partial charge in [-0.1, -0.05) is 22.8 Å². The maximum absolute atomic E-state index is 8.62. The van der Waals surface area contributed by atoms with Gasteiger partial charge in [-0.05, 0) is 26.0 Å². The predicted molar refractivity (Wildman–Crippen MR) is 59.7 cm³/mol. The molecule has 0 aromatic heterocycles. The molecule has 0 aliphatic rings. The van der Waals surface area contributed by atoms with Crippen LogP contribution in [0.3, 0.4) is 0 Å². The number of halogens is 1. The molecule has 5 heteroatoms. The van der Waals surface area contributed by atoms with E-state index in [1.807, 2.05) is 13.8 Å². The molecule has 0 amide bonds. The SMILES string of the molecule is CC(C)Oc1cccc(Cl)c1C(N)=NO. The average Bonchev–Trinajstić information content (AvgIpc) is 2.16. The fourth-order valence-corrected chi connectivity index (χ4v) is 1.42. The molecule has 0 bridgehead atoms. The van der Waals surface area contributed by atoms with Crippen LogP contribution in [0.1, 0.15) is 19.4 Å². The lowest BCUT2D eigenvalue weighted by atomic mass is 10.2. The van der Waals surface area contributed by atoms with Crippen molar-refractivity contribution < 1.29 is 9.94 Å². The molecule has 0 radical (unpaired) electrons. The summed E-state index contributed by atoms with van der Waals surface area (Å²) in [6.07, 6.45) is -0.00582. The highest BCUT2D eigenvalue weighted by Gasteiger charge is 2.13. The van der Waals surface area contributed by atoms with Crippen LogP contribution in [0.15, 0.2) is 23.4 Å². The van der Waals surface area contributed by atoms with Crippen LogP contribution in [-0.4, -0.2) is 17.1 Å². The van der Waals surface area contributed by atoms with Crippen molar-refractivity contribution in [3.63, 3.8) is 0 Å². The van der Waals surface area contributed by atoms with Crippen LogP contribution in [0.2, 0.25) is 5.02 Å². The fourth-order valence-electron chi connectivity index (χ4n) is 1.16. The molecule has 0 heterocycles. The molecular formula is C10H13ClN2O2. The zero-order chi connectivity index (χ0) is 11.4. The molecule has 1 aromatic rings. The molecule has 15 heavy (non-hydrogen) atoms. The number of nitrogens with two attached hydrogens (primary N) is 1. The summed E-state index contributed by atoms with van der Waals surface area (Å²) in [5, 5.41) is 11.9. The van der Waals surface area contributed by atoms with E-state index in [4.69, 9.17) is 27.3 Å². The van der Waals surface area contributed by atoms with Crippen LogP contribution in [0.25, 0.3) is 0 Å². The average molecular weight is 229 g/mol. The molecule has 0 spiro atoms. The van der Waals surface area contributed by atoms with Gasteiger partial charge in [0, 0.05) is 0 Å². The zero-order valence-corrected chi connectivity index (χ0v) is 9.32. The third-order valence-electron chi connectivity index (χ3n) is 1.70. The van der Waals surface area contributed by atoms with Gasteiger partial charge in [-0.15, -0.1) is 0 Å². The van der Waals surface area contributed by atoms with E-state index in [2.05, 4.69) is 5.16 Å².